The minimum Gasteiger partial charge on any atom is -0.381 e. The Labute approximate surface area is 167 Å². The van der Waals surface area contributed by atoms with Crippen LogP contribution in [0.25, 0.3) is 10.9 Å². The Hall–Kier alpha value is -1.81. The number of halogens is 1. The molecule has 0 amide bonds. The van der Waals surface area contributed by atoms with Gasteiger partial charge in [0, 0.05) is 48.4 Å². The van der Waals surface area contributed by atoms with Crippen LogP contribution in [0.15, 0.2) is 54.7 Å². The van der Waals surface area contributed by atoms with Crippen LogP contribution in [0.5, 0.6) is 0 Å². The first-order valence-corrected chi connectivity index (χ1v) is 10.3. The highest BCUT2D eigenvalue weighted by molar-refractivity contribution is 6.31. The van der Waals surface area contributed by atoms with Crippen molar-refractivity contribution in [2.24, 2.45) is 0 Å². The molecule has 0 saturated carbocycles. The van der Waals surface area contributed by atoms with E-state index in [-0.39, 0.29) is 0 Å². The van der Waals surface area contributed by atoms with Gasteiger partial charge >= 0.3 is 0 Å². The van der Waals surface area contributed by atoms with E-state index in [2.05, 4.69) is 53.3 Å². The van der Waals surface area contributed by atoms with Crippen LogP contribution in [0.2, 0.25) is 5.02 Å². The molecule has 1 N–H and O–H groups in total. The van der Waals surface area contributed by atoms with E-state index in [0.29, 0.717) is 0 Å². The van der Waals surface area contributed by atoms with Crippen LogP contribution in [0, 0.1) is 0 Å². The Bertz CT molecular complexity index is 843. The predicted octanol–water partition coefficient (Wildman–Crippen LogP) is 5.64. The number of para-hydroxylation sites is 1. The zero-order chi connectivity index (χ0) is 18.9. The summed E-state index contributed by atoms with van der Waals surface area (Å²) in [6.45, 7) is 6.52. The van der Waals surface area contributed by atoms with Crippen molar-refractivity contribution in [3.05, 3.63) is 70.9 Å². The molecule has 0 saturated heterocycles. The van der Waals surface area contributed by atoms with Crippen LogP contribution in [0.4, 0.5) is 0 Å². The first-order valence-electron chi connectivity index (χ1n) is 9.88. The summed E-state index contributed by atoms with van der Waals surface area (Å²) in [5.41, 5.74) is 3.71. The summed E-state index contributed by atoms with van der Waals surface area (Å²) < 4.78 is 7.91. The lowest BCUT2D eigenvalue weighted by Gasteiger charge is -2.07. The molecule has 0 aliphatic rings. The average Bonchev–Trinajstić information content (AvgIpc) is 3.03. The number of unbranched alkanes of at least 4 members (excludes halogenated alkanes) is 1. The van der Waals surface area contributed by atoms with E-state index in [1.165, 1.54) is 22.9 Å². The van der Waals surface area contributed by atoms with Crippen LogP contribution >= 0.6 is 11.6 Å². The van der Waals surface area contributed by atoms with Crippen molar-refractivity contribution in [2.45, 2.75) is 39.3 Å². The molecule has 4 heteroatoms. The van der Waals surface area contributed by atoms with E-state index in [1.807, 2.05) is 18.2 Å². The van der Waals surface area contributed by atoms with E-state index in [4.69, 9.17) is 16.3 Å². The van der Waals surface area contributed by atoms with E-state index in [9.17, 15) is 0 Å². The van der Waals surface area contributed by atoms with E-state index < -0.39 is 0 Å². The van der Waals surface area contributed by atoms with Crippen LogP contribution in [-0.2, 0) is 17.8 Å². The molecule has 0 atom stereocenters. The fourth-order valence-electron chi connectivity index (χ4n) is 3.28. The number of nitrogens with zero attached hydrogens (tertiary/aromatic N) is 1. The highest BCUT2D eigenvalue weighted by atomic mass is 35.5. The van der Waals surface area contributed by atoms with Gasteiger partial charge in [-0.3, -0.25) is 0 Å². The molecule has 0 spiro atoms. The third-order valence-corrected chi connectivity index (χ3v) is 5.14. The lowest BCUT2D eigenvalue weighted by molar-refractivity contribution is 0.129. The molecule has 3 nitrogen and oxygen atoms in total. The largest absolute Gasteiger partial charge is 0.381 e. The minimum atomic E-state index is 0.783. The molecule has 2 aromatic carbocycles. The number of hydrogen-bond donors (Lipinski definition) is 1. The van der Waals surface area contributed by atoms with Crippen LogP contribution in [0.3, 0.4) is 0 Å². The summed E-state index contributed by atoms with van der Waals surface area (Å²) in [6, 6.07) is 16.6. The second kappa shape index (κ2) is 10.5. The van der Waals surface area contributed by atoms with Crippen LogP contribution in [0.1, 0.15) is 37.3 Å². The molecule has 1 heterocycles. The van der Waals surface area contributed by atoms with E-state index in [0.717, 1.165) is 56.3 Å². The van der Waals surface area contributed by atoms with Crippen molar-refractivity contribution in [1.29, 1.82) is 0 Å². The molecule has 144 valence electrons. The highest BCUT2D eigenvalue weighted by Gasteiger charge is 2.09. The summed E-state index contributed by atoms with van der Waals surface area (Å²) in [5.74, 6) is 0. The summed E-state index contributed by atoms with van der Waals surface area (Å²) in [6.07, 6.45) is 5.63. The Balaban J connectivity index is 1.60. The van der Waals surface area contributed by atoms with Gasteiger partial charge in [-0.05, 0) is 42.6 Å². The van der Waals surface area contributed by atoms with E-state index >= 15 is 0 Å². The van der Waals surface area contributed by atoms with Crippen LogP contribution in [-0.4, -0.2) is 24.3 Å². The molecule has 3 aromatic rings. The zero-order valence-corrected chi connectivity index (χ0v) is 16.8. The summed E-state index contributed by atoms with van der Waals surface area (Å²) in [4.78, 5) is 0. The fraction of sp³-hybridized carbons (Fsp3) is 0.391. The average molecular weight is 385 g/mol. The zero-order valence-electron chi connectivity index (χ0n) is 16.1. The van der Waals surface area contributed by atoms with Crippen molar-refractivity contribution in [3.63, 3.8) is 0 Å². The van der Waals surface area contributed by atoms with Gasteiger partial charge in [0.1, 0.15) is 0 Å². The normalized spacial score (nSPS) is 11.3. The monoisotopic (exact) mass is 384 g/mol. The van der Waals surface area contributed by atoms with Gasteiger partial charge in [-0.25, -0.2) is 0 Å². The molecular formula is C23H29ClN2O. The Kier molecular flexibility index (Phi) is 7.76. The number of nitrogens with one attached hydrogen (secondary N) is 1. The maximum atomic E-state index is 6.36. The Morgan fingerprint density at radius 3 is 2.59 bits per heavy atom. The van der Waals surface area contributed by atoms with Gasteiger partial charge in [-0.1, -0.05) is 61.3 Å². The number of ether oxygens (including phenoxy) is 1. The summed E-state index contributed by atoms with van der Waals surface area (Å²) in [5, 5.41) is 5.67. The number of fused-ring (bicyclic) bond motifs is 1. The molecule has 0 aliphatic heterocycles. The van der Waals surface area contributed by atoms with Gasteiger partial charge in [0.25, 0.3) is 0 Å². The third-order valence-electron chi connectivity index (χ3n) is 4.77. The number of benzene rings is 2. The molecule has 0 bridgehead atoms. The summed E-state index contributed by atoms with van der Waals surface area (Å²) in [7, 11) is 0. The number of hydrogen-bond acceptors (Lipinski definition) is 2. The standard InChI is InChI=1S/C23H29ClN2O/c1-2-3-14-27-15-8-13-25-16-20-18-26(23-12-7-5-10-21(20)23)17-19-9-4-6-11-22(19)24/h4-7,9-12,18,25H,2-3,8,13-17H2,1H3. The second-order valence-corrected chi connectivity index (χ2v) is 7.29. The van der Waals surface area contributed by atoms with Gasteiger partial charge in [0.05, 0.1) is 0 Å². The van der Waals surface area contributed by atoms with Gasteiger partial charge in [-0.2, -0.15) is 0 Å². The molecule has 3 rings (SSSR count). The maximum Gasteiger partial charge on any atom is 0.0491 e. The fourth-order valence-corrected chi connectivity index (χ4v) is 3.47. The Morgan fingerprint density at radius 1 is 0.963 bits per heavy atom. The lowest BCUT2D eigenvalue weighted by atomic mass is 10.2. The molecule has 0 aliphatic carbocycles. The predicted molar refractivity (Wildman–Crippen MR) is 115 cm³/mol. The van der Waals surface area contributed by atoms with Crippen molar-refractivity contribution in [2.75, 3.05) is 19.8 Å². The quantitative estimate of drug-likeness (QED) is 0.433. The van der Waals surface area contributed by atoms with Crippen molar-refractivity contribution in [1.82, 2.24) is 9.88 Å². The number of aromatic nitrogens is 1. The smallest absolute Gasteiger partial charge is 0.0491 e. The van der Waals surface area contributed by atoms with Gasteiger partial charge in [-0.15, -0.1) is 0 Å². The first-order chi connectivity index (χ1) is 13.3. The van der Waals surface area contributed by atoms with Crippen molar-refractivity contribution < 1.29 is 4.74 Å². The first kappa shape index (κ1) is 19.9. The SMILES string of the molecule is CCCCOCCCNCc1cn(Cc2ccccc2Cl)c2ccccc12. The topological polar surface area (TPSA) is 26.2 Å². The van der Waals surface area contributed by atoms with Crippen molar-refractivity contribution >= 4 is 22.5 Å². The molecule has 27 heavy (non-hydrogen) atoms. The molecule has 0 radical (unpaired) electrons. The van der Waals surface area contributed by atoms with Gasteiger partial charge in [0.15, 0.2) is 0 Å². The Morgan fingerprint density at radius 2 is 1.74 bits per heavy atom. The summed E-state index contributed by atoms with van der Waals surface area (Å²) >= 11 is 6.36. The lowest BCUT2D eigenvalue weighted by Crippen LogP contribution is -2.16. The number of rotatable bonds is 11. The van der Waals surface area contributed by atoms with E-state index in [1.54, 1.807) is 0 Å². The second-order valence-electron chi connectivity index (χ2n) is 6.89. The maximum absolute atomic E-state index is 6.36. The highest BCUT2D eigenvalue weighted by Crippen LogP contribution is 2.24. The van der Waals surface area contributed by atoms with Crippen molar-refractivity contribution in [3.8, 4) is 0 Å². The molecule has 0 fully saturated rings. The molecular weight excluding hydrogens is 356 g/mol. The van der Waals surface area contributed by atoms with Gasteiger partial charge < -0.3 is 14.6 Å². The molecule has 0 unspecified atom stereocenters. The van der Waals surface area contributed by atoms with Gasteiger partial charge in [0.2, 0.25) is 0 Å². The minimum absolute atomic E-state index is 0.783. The molecule has 1 aromatic heterocycles. The van der Waals surface area contributed by atoms with Crippen LogP contribution < -0.4 is 5.32 Å². The third kappa shape index (κ3) is 5.58.